The quantitative estimate of drug-likeness (QED) is 0.881. The molecular weight excluding hydrogens is 264 g/mol. The van der Waals surface area contributed by atoms with Gasteiger partial charge in [-0.25, -0.2) is 9.97 Å². The second-order valence-corrected chi connectivity index (χ2v) is 5.37. The van der Waals surface area contributed by atoms with Crippen molar-refractivity contribution in [2.45, 2.75) is 32.8 Å². The van der Waals surface area contributed by atoms with Gasteiger partial charge < -0.3 is 10.0 Å². The molecule has 2 aromatic heterocycles. The van der Waals surface area contributed by atoms with Crippen molar-refractivity contribution in [3.8, 4) is 0 Å². The minimum absolute atomic E-state index is 0.0779. The highest BCUT2D eigenvalue weighted by Crippen LogP contribution is 2.19. The molecule has 0 bridgehead atoms. The van der Waals surface area contributed by atoms with Crippen LogP contribution in [0.25, 0.3) is 0 Å². The Labute approximate surface area is 125 Å². The van der Waals surface area contributed by atoms with Crippen molar-refractivity contribution in [3.05, 3.63) is 47.8 Å². The third-order valence-corrected chi connectivity index (χ3v) is 3.37. The molecule has 0 saturated carbocycles. The lowest BCUT2D eigenvalue weighted by Gasteiger charge is -2.21. The maximum absolute atomic E-state index is 9.53. The minimum atomic E-state index is -0.0779. The van der Waals surface area contributed by atoms with Crippen LogP contribution in [0.4, 0.5) is 5.69 Å². The Balaban J connectivity index is 2.09. The molecule has 1 N–H and O–H groups in total. The zero-order valence-electron chi connectivity index (χ0n) is 12.8. The van der Waals surface area contributed by atoms with Crippen molar-refractivity contribution >= 4 is 5.69 Å². The highest BCUT2D eigenvalue weighted by molar-refractivity contribution is 5.48. The number of aromatic nitrogens is 3. The first-order chi connectivity index (χ1) is 10.1. The Morgan fingerprint density at radius 3 is 2.67 bits per heavy atom. The Kier molecular flexibility index (Phi) is 5.22. The van der Waals surface area contributed by atoms with Gasteiger partial charge >= 0.3 is 0 Å². The van der Waals surface area contributed by atoms with Gasteiger partial charge in [-0.2, -0.15) is 0 Å². The minimum Gasteiger partial charge on any atom is -0.390 e. The molecule has 0 aromatic carbocycles. The summed E-state index contributed by atoms with van der Waals surface area (Å²) < 4.78 is 0. The zero-order valence-corrected chi connectivity index (χ0v) is 12.8. The fourth-order valence-electron chi connectivity index (χ4n) is 2.09. The number of hydrogen-bond donors (Lipinski definition) is 1. The number of aliphatic hydroxyl groups excluding tert-OH is 1. The molecule has 5 heteroatoms. The predicted molar refractivity (Wildman–Crippen MR) is 83.3 cm³/mol. The van der Waals surface area contributed by atoms with E-state index in [1.807, 2.05) is 39.1 Å². The summed E-state index contributed by atoms with van der Waals surface area (Å²) in [6, 6.07) is 5.91. The lowest BCUT2D eigenvalue weighted by atomic mass is 10.2. The number of pyridine rings is 1. The van der Waals surface area contributed by atoms with E-state index in [9.17, 15) is 5.11 Å². The van der Waals surface area contributed by atoms with Crippen molar-refractivity contribution in [1.29, 1.82) is 0 Å². The normalized spacial score (nSPS) is 10.9. The van der Waals surface area contributed by atoms with E-state index in [0.29, 0.717) is 5.69 Å². The summed E-state index contributed by atoms with van der Waals surface area (Å²) in [7, 11) is 1.98. The number of hydrogen-bond acceptors (Lipinski definition) is 5. The molecule has 112 valence electrons. The highest BCUT2D eigenvalue weighted by atomic mass is 16.3. The van der Waals surface area contributed by atoms with E-state index in [2.05, 4.69) is 19.9 Å². The van der Waals surface area contributed by atoms with Crippen LogP contribution in [0.5, 0.6) is 0 Å². The lowest BCUT2D eigenvalue weighted by Crippen LogP contribution is -2.23. The van der Waals surface area contributed by atoms with E-state index in [-0.39, 0.29) is 12.5 Å². The molecular formula is C16H22N4O. The summed E-state index contributed by atoms with van der Waals surface area (Å²) in [5.74, 6) is 1.02. The topological polar surface area (TPSA) is 62.1 Å². The Morgan fingerprint density at radius 2 is 2.05 bits per heavy atom. The van der Waals surface area contributed by atoms with Crippen LogP contribution < -0.4 is 4.90 Å². The van der Waals surface area contributed by atoms with E-state index in [0.717, 1.165) is 30.2 Å². The van der Waals surface area contributed by atoms with Crippen molar-refractivity contribution in [2.24, 2.45) is 0 Å². The van der Waals surface area contributed by atoms with Gasteiger partial charge in [-0.1, -0.05) is 19.9 Å². The summed E-state index contributed by atoms with van der Waals surface area (Å²) in [6.07, 6.45) is 4.44. The van der Waals surface area contributed by atoms with Crippen molar-refractivity contribution in [1.82, 2.24) is 15.0 Å². The molecule has 0 aliphatic heterocycles. The van der Waals surface area contributed by atoms with Crippen LogP contribution in [0.1, 0.15) is 37.0 Å². The molecule has 21 heavy (non-hydrogen) atoms. The van der Waals surface area contributed by atoms with E-state index in [1.54, 1.807) is 12.4 Å². The predicted octanol–water partition coefficient (Wildman–Crippen LogP) is 2.17. The number of rotatable bonds is 6. The van der Waals surface area contributed by atoms with Crippen LogP contribution >= 0.6 is 0 Å². The largest absolute Gasteiger partial charge is 0.390 e. The number of likely N-dealkylation sites (N-methyl/N-ethyl adjacent to an activating group) is 1. The molecule has 0 saturated heterocycles. The van der Waals surface area contributed by atoms with Crippen LogP contribution in [0, 0.1) is 0 Å². The molecule has 0 amide bonds. The fraction of sp³-hybridized carbons (Fsp3) is 0.438. The van der Waals surface area contributed by atoms with Gasteiger partial charge in [-0.05, 0) is 12.1 Å². The molecule has 0 aliphatic rings. The summed E-state index contributed by atoms with van der Waals surface area (Å²) in [6.45, 7) is 4.81. The van der Waals surface area contributed by atoms with Crippen molar-refractivity contribution < 1.29 is 5.11 Å². The van der Waals surface area contributed by atoms with E-state index in [1.165, 1.54) is 0 Å². The molecule has 2 heterocycles. The number of nitrogens with zero attached hydrogens (tertiary/aromatic N) is 4. The molecule has 2 rings (SSSR count). The monoisotopic (exact) mass is 286 g/mol. The lowest BCUT2D eigenvalue weighted by molar-refractivity contribution is 0.276. The Hall–Kier alpha value is -2.01. The average molecular weight is 286 g/mol. The van der Waals surface area contributed by atoms with Gasteiger partial charge in [0, 0.05) is 37.8 Å². The van der Waals surface area contributed by atoms with Gasteiger partial charge in [-0.3, -0.25) is 4.98 Å². The highest BCUT2D eigenvalue weighted by Gasteiger charge is 2.12. The molecule has 0 spiro atoms. The second kappa shape index (κ2) is 7.13. The van der Waals surface area contributed by atoms with Gasteiger partial charge in [0.05, 0.1) is 24.2 Å². The summed E-state index contributed by atoms with van der Waals surface area (Å²) in [5, 5.41) is 9.53. The van der Waals surface area contributed by atoms with Crippen molar-refractivity contribution in [2.75, 3.05) is 18.5 Å². The third-order valence-electron chi connectivity index (χ3n) is 3.37. The van der Waals surface area contributed by atoms with Gasteiger partial charge in [0.2, 0.25) is 0 Å². The molecule has 0 atom stereocenters. The molecule has 2 aromatic rings. The van der Waals surface area contributed by atoms with Gasteiger partial charge in [0.25, 0.3) is 0 Å². The first kappa shape index (κ1) is 15.4. The number of aliphatic hydroxyl groups is 1. The SMILES string of the molecule is CC(C)c1ncc(N(C)CCc2ccccn2)c(CO)n1. The maximum Gasteiger partial charge on any atom is 0.131 e. The van der Waals surface area contributed by atoms with E-state index >= 15 is 0 Å². The molecule has 0 aliphatic carbocycles. The van der Waals surface area contributed by atoms with Gasteiger partial charge in [0.1, 0.15) is 5.82 Å². The third kappa shape index (κ3) is 3.98. The van der Waals surface area contributed by atoms with Crippen LogP contribution in [0.2, 0.25) is 0 Å². The second-order valence-electron chi connectivity index (χ2n) is 5.37. The Morgan fingerprint density at radius 1 is 1.24 bits per heavy atom. The molecule has 0 radical (unpaired) electrons. The first-order valence-electron chi connectivity index (χ1n) is 7.19. The van der Waals surface area contributed by atoms with Crippen LogP contribution in [0.15, 0.2) is 30.6 Å². The van der Waals surface area contributed by atoms with Gasteiger partial charge in [0.15, 0.2) is 0 Å². The summed E-state index contributed by atoms with van der Waals surface area (Å²) in [4.78, 5) is 15.2. The van der Waals surface area contributed by atoms with E-state index < -0.39 is 0 Å². The number of anilines is 1. The van der Waals surface area contributed by atoms with Crippen LogP contribution in [-0.4, -0.2) is 33.7 Å². The molecule has 0 fully saturated rings. The smallest absolute Gasteiger partial charge is 0.131 e. The zero-order chi connectivity index (χ0) is 15.2. The fourth-order valence-corrected chi connectivity index (χ4v) is 2.09. The van der Waals surface area contributed by atoms with Crippen LogP contribution in [-0.2, 0) is 13.0 Å². The molecule has 5 nitrogen and oxygen atoms in total. The summed E-state index contributed by atoms with van der Waals surface area (Å²) in [5.41, 5.74) is 2.60. The summed E-state index contributed by atoms with van der Waals surface area (Å²) >= 11 is 0. The maximum atomic E-state index is 9.53. The van der Waals surface area contributed by atoms with Crippen LogP contribution in [0.3, 0.4) is 0 Å². The average Bonchev–Trinajstić information content (AvgIpc) is 2.52. The first-order valence-corrected chi connectivity index (χ1v) is 7.19. The van der Waals surface area contributed by atoms with E-state index in [4.69, 9.17) is 0 Å². The standard InChI is InChI=1S/C16H22N4O/c1-12(2)16-18-10-15(14(11-21)19-16)20(3)9-7-13-6-4-5-8-17-13/h4-6,8,10,12,21H,7,9,11H2,1-3H3. The van der Waals surface area contributed by atoms with Gasteiger partial charge in [-0.15, -0.1) is 0 Å². The van der Waals surface area contributed by atoms with Crippen molar-refractivity contribution in [3.63, 3.8) is 0 Å². The Bertz CT molecular complexity index is 572. The molecule has 0 unspecified atom stereocenters.